The van der Waals surface area contributed by atoms with E-state index in [4.69, 9.17) is 14.2 Å². The first kappa shape index (κ1) is 39.5. The Labute approximate surface area is 268 Å². The smallest absolute Gasteiger partial charge is 0.408 e. The van der Waals surface area contributed by atoms with Crippen molar-refractivity contribution in [2.45, 2.75) is 168 Å². The molecule has 0 aliphatic heterocycles. The van der Waals surface area contributed by atoms with Gasteiger partial charge in [0.1, 0.15) is 12.6 Å². The van der Waals surface area contributed by atoms with Crippen LogP contribution in [0.15, 0.2) is 30.3 Å². The molecule has 0 radical (unpaired) electrons. The number of esters is 2. The molecule has 0 bridgehead atoms. The summed E-state index contributed by atoms with van der Waals surface area (Å²) in [7, 11) is 0. The Morgan fingerprint density at radius 3 is 1.55 bits per heavy atom. The summed E-state index contributed by atoms with van der Waals surface area (Å²) in [5, 5.41) is 2.60. The molecule has 1 aromatic rings. The standard InChI is InChI=1S/C37H63NO6/c1-3-5-7-9-11-13-15-17-19-24-30-42-35(39)29-28-34(38-37(41)44-32-33-26-22-21-23-27-33)36(40)43-31-25-20-18-16-14-12-10-8-6-4-2/h21-23,26-27,34H,3-20,24-25,28-32H2,1-2H3,(H,38,41)/t34-/m0/s1. The van der Waals surface area contributed by atoms with Crippen molar-refractivity contribution in [2.75, 3.05) is 13.2 Å². The van der Waals surface area contributed by atoms with E-state index in [1.807, 2.05) is 30.3 Å². The second-order valence-corrected chi connectivity index (χ2v) is 12.0. The number of ether oxygens (including phenoxy) is 3. The van der Waals surface area contributed by atoms with E-state index in [0.717, 1.165) is 44.1 Å². The maximum absolute atomic E-state index is 12.8. The van der Waals surface area contributed by atoms with Gasteiger partial charge in [0.25, 0.3) is 0 Å². The maximum atomic E-state index is 12.8. The van der Waals surface area contributed by atoms with Gasteiger partial charge in [0.05, 0.1) is 13.2 Å². The number of rotatable bonds is 29. The van der Waals surface area contributed by atoms with Gasteiger partial charge in [-0.15, -0.1) is 0 Å². The van der Waals surface area contributed by atoms with Crippen LogP contribution in [0.3, 0.4) is 0 Å². The number of amides is 1. The Morgan fingerprint density at radius 2 is 1.05 bits per heavy atom. The SMILES string of the molecule is CCCCCCCCCCCCOC(=O)CC[C@H](NC(=O)OCc1ccccc1)C(=O)OCCCCCCCCCCCC. The van der Waals surface area contributed by atoms with Gasteiger partial charge in [-0.2, -0.15) is 0 Å². The minimum absolute atomic E-state index is 0.0226. The first-order valence-corrected chi connectivity index (χ1v) is 17.9. The van der Waals surface area contributed by atoms with Gasteiger partial charge in [0.15, 0.2) is 0 Å². The van der Waals surface area contributed by atoms with E-state index in [-0.39, 0.29) is 25.4 Å². The number of alkyl carbamates (subject to hydrolysis) is 1. The number of unbranched alkanes of at least 4 members (excludes halogenated alkanes) is 18. The van der Waals surface area contributed by atoms with Crippen molar-refractivity contribution in [3.05, 3.63) is 35.9 Å². The third-order valence-corrected chi connectivity index (χ3v) is 7.93. The average Bonchev–Trinajstić information content (AvgIpc) is 3.03. The number of hydrogen-bond acceptors (Lipinski definition) is 6. The molecule has 1 N–H and O–H groups in total. The Kier molecular flexibility index (Phi) is 26.1. The fourth-order valence-electron chi connectivity index (χ4n) is 5.13. The molecule has 1 aromatic carbocycles. The molecule has 44 heavy (non-hydrogen) atoms. The van der Waals surface area contributed by atoms with E-state index in [1.54, 1.807) is 0 Å². The van der Waals surface area contributed by atoms with Crippen LogP contribution in [0, 0.1) is 0 Å². The molecule has 0 aliphatic rings. The average molecular weight is 618 g/mol. The zero-order chi connectivity index (χ0) is 31.9. The van der Waals surface area contributed by atoms with Crippen LogP contribution in [0.25, 0.3) is 0 Å². The Bertz CT molecular complexity index is 831. The number of benzene rings is 1. The predicted molar refractivity (Wildman–Crippen MR) is 178 cm³/mol. The molecule has 1 rings (SSSR count). The zero-order valence-corrected chi connectivity index (χ0v) is 28.1. The fraction of sp³-hybridized carbons (Fsp3) is 0.757. The highest BCUT2D eigenvalue weighted by molar-refractivity contribution is 5.82. The van der Waals surface area contributed by atoms with E-state index in [9.17, 15) is 14.4 Å². The summed E-state index contributed by atoms with van der Waals surface area (Å²) in [5.41, 5.74) is 0.846. The van der Waals surface area contributed by atoms with Crippen LogP contribution < -0.4 is 5.32 Å². The summed E-state index contributed by atoms with van der Waals surface area (Å²) in [6.45, 7) is 5.25. The number of carbonyl (C=O) groups excluding carboxylic acids is 3. The highest BCUT2D eigenvalue weighted by atomic mass is 16.6. The molecule has 0 aromatic heterocycles. The first-order valence-electron chi connectivity index (χ1n) is 17.9. The minimum Gasteiger partial charge on any atom is -0.466 e. The largest absolute Gasteiger partial charge is 0.466 e. The van der Waals surface area contributed by atoms with Crippen LogP contribution >= 0.6 is 0 Å². The van der Waals surface area contributed by atoms with Crippen molar-refractivity contribution >= 4 is 18.0 Å². The molecule has 0 saturated carbocycles. The van der Waals surface area contributed by atoms with Crippen LogP contribution in [0.1, 0.15) is 161 Å². The minimum atomic E-state index is -0.966. The van der Waals surface area contributed by atoms with Gasteiger partial charge in [-0.3, -0.25) is 4.79 Å². The summed E-state index contributed by atoms with van der Waals surface area (Å²) < 4.78 is 16.2. The van der Waals surface area contributed by atoms with Crippen LogP contribution in [0.4, 0.5) is 4.79 Å². The van der Waals surface area contributed by atoms with Crippen molar-refractivity contribution < 1.29 is 28.6 Å². The van der Waals surface area contributed by atoms with Crippen LogP contribution in [0.5, 0.6) is 0 Å². The van der Waals surface area contributed by atoms with E-state index in [0.29, 0.717) is 13.2 Å². The molecule has 252 valence electrons. The van der Waals surface area contributed by atoms with Gasteiger partial charge < -0.3 is 19.5 Å². The second kappa shape index (κ2) is 29.2. The molecular formula is C37H63NO6. The highest BCUT2D eigenvalue weighted by Gasteiger charge is 2.24. The van der Waals surface area contributed by atoms with Gasteiger partial charge in [0, 0.05) is 6.42 Å². The van der Waals surface area contributed by atoms with Crippen LogP contribution in [0.2, 0.25) is 0 Å². The van der Waals surface area contributed by atoms with Gasteiger partial charge in [-0.1, -0.05) is 160 Å². The molecule has 1 atom stereocenters. The maximum Gasteiger partial charge on any atom is 0.408 e. The van der Waals surface area contributed by atoms with E-state index in [1.165, 1.54) is 89.9 Å². The van der Waals surface area contributed by atoms with Gasteiger partial charge in [0.2, 0.25) is 0 Å². The third kappa shape index (κ3) is 23.8. The lowest BCUT2D eigenvalue weighted by atomic mass is 10.1. The summed E-state index contributed by atoms with van der Waals surface area (Å²) in [5.74, 6) is -0.909. The van der Waals surface area contributed by atoms with Gasteiger partial charge in [-0.25, -0.2) is 9.59 Å². The van der Waals surface area contributed by atoms with Crippen molar-refractivity contribution in [3.63, 3.8) is 0 Å². The second-order valence-electron chi connectivity index (χ2n) is 12.0. The summed E-state index contributed by atoms with van der Waals surface area (Å²) in [6.07, 6.45) is 23.5. The zero-order valence-electron chi connectivity index (χ0n) is 28.1. The van der Waals surface area contributed by atoms with Gasteiger partial charge >= 0.3 is 18.0 Å². The van der Waals surface area contributed by atoms with Crippen LogP contribution in [-0.2, 0) is 30.4 Å². The molecule has 0 heterocycles. The van der Waals surface area contributed by atoms with Crippen molar-refractivity contribution in [2.24, 2.45) is 0 Å². The van der Waals surface area contributed by atoms with E-state index < -0.39 is 18.1 Å². The predicted octanol–water partition coefficient (Wildman–Crippen LogP) is 9.99. The van der Waals surface area contributed by atoms with Crippen molar-refractivity contribution in [1.29, 1.82) is 0 Å². The van der Waals surface area contributed by atoms with Crippen molar-refractivity contribution in [1.82, 2.24) is 5.32 Å². The lowest BCUT2D eigenvalue weighted by Crippen LogP contribution is -2.42. The fourth-order valence-corrected chi connectivity index (χ4v) is 5.13. The summed E-state index contributed by atoms with van der Waals surface area (Å²) in [6, 6.07) is 8.37. The Balaban J connectivity index is 2.32. The monoisotopic (exact) mass is 617 g/mol. The lowest BCUT2D eigenvalue weighted by Gasteiger charge is -2.17. The van der Waals surface area contributed by atoms with Crippen LogP contribution in [-0.4, -0.2) is 37.3 Å². The molecule has 1 amide bonds. The number of hydrogen-bond donors (Lipinski definition) is 1. The van der Waals surface area contributed by atoms with E-state index in [2.05, 4.69) is 19.2 Å². The molecule has 0 saturated heterocycles. The lowest BCUT2D eigenvalue weighted by molar-refractivity contribution is -0.147. The number of nitrogens with one attached hydrogen (secondary N) is 1. The molecule has 7 nitrogen and oxygen atoms in total. The Morgan fingerprint density at radius 1 is 0.591 bits per heavy atom. The molecular weight excluding hydrogens is 554 g/mol. The third-order valence-electron chi connectivity index (χ3n) is 7.93. The summed E-state index contributed by atoms with van der Waals surface area (Å²) >= 11 is 0. The number of carbonyl (C=O) groups is 3. The topological polar surface area (TPSA) is 90.9 Å². The van der Waals surface area contributed by atoms with Crippen molar-refractivity contribution in [3.8, 4) is 0 Å². The highest BCUT2D eigenvalue weighted by Crippen LogP contribution is 2.13. The molecule has 0 unspecified atom stereocenters. The first-order chi connectivity index (χ1) is 21.6. The normalized spacial score (nSPS) is 11.6. The molecule has 0 fully saturated rings. The molecule has 0 aliphatic carbocycles. The van der Waals surface area contributed by atoms with E-state index >= 15 is 0 Å². The quantitative estimate of drug-likeness (QED) is 0.0546. The molecule has 7 heteroatoms. The summed E-state index contributed by atoms with van der Waals surface area (Å²) in [4.78, 5) is 37.7. The molecule has 0 spiro atoms. The van der Waals surface area contributed by atoms with Gasteiger partial charge in [-0.05, 0) is 24.8 Å². The Hall–Kier alpha value is -2.57.